The molecule has 2 atom stereocenters. The minimum absolute atomic E-state index is 0.238. The Morgan fingerprint density at radius 2 is 2.30 bits per heavy atom. The molecule has 1 saturated carbocycles. The van der Waals surface area contributed by atoms with Crippen LogP contribution in [0.2, 0.25) is 0 Å². The van der Waals surface area contributed by atoms with Crippen LogP contribution in [0.4, 0.5) is 0 Å². The lowest BCUT2D eigenvalue weighted by molar-refractivity contribution is -0.142. The maximum atomic E-state index is 10.4. The maximum Gasteiger partial charge on any atom is 0.307 e. The van der Waals surface area contributed by atoms with Gasteiger partial charge in [-0.05, 0) is 12.8 Å². The van der Waals surface area contributed by atoms with E-state index in [0.717, 1.165) is 12.8 Å². The SMILES string of the molecule is N#C[C@H]1CCC[C@@H]1C(=O)O. The molecule has 1 aliphatic rings. The Morgan fingerprint density at radius 1 is 1.60 bits per heavy atom. The summed E-state index contributed by atoms with van der Waals surface area (Å²) in [5.74, 6) is -1.45. The minimum atomic E-state index is -0.816. The Bertz CT molecular complexity index is 183. The number of carbonyl (C=O) groups is 1. The largest absolute Gasteiger partial charge is 0.481 e. The van der Waals surface area contributed by atoms with Gasteiger partial charge in [-0.15, -0.1) is 0 Å². The summed E-state index contributed by atoms with van der Waals surface area (Å²) in [6.07, 6.45) is 2.32. The van der Waals surface area contributed by atoms with Crippen molar-refractivity contribution in [3.63, 3.8) is 0 Å². The van der Waals surface area contributed by atoms with Crippen LogP contribution >= 0.6 is 0 Å². The van der Waals surface area contributed by atoms with Crippen LogP contribution in [0.3, 0.4) is 0 Å². The fourth-order valence-corrected chi connectivity index (χ4v) is 1.41. The van der Waals surface area contributed by atoms with E-state index in [2.05, 4.69) is 0 Å². The lowest BCUT2D eigenvalue weighted by atomic mass is 9.98. The van der Waals surface area contributed by atoms with E-state index in [1.165, 1.54) is 0 Å². The maximum absolute atomic E-state index is 10.4. The van der Waals surface area contributed by atoms with E-state index >= 15 is 0 Å². The Kier molecular flexibility index (Phi) is 1.91. The lowest BCUT2D eigenvalue weighted by Crippen LogP contribution is -2.16. The number of hydrogen-bond acceptors (Lipinski definition) is 2. The average Bonchev–Trinajstić information content (AvgIpc) is 2.33. The lowest BCUT2D eigenvalue weighted by Gasteiger charge is -2.04. The van der Waals surface area contributed by atoms with Crippen LogP contribution < -0.4 is 0 Å². The van der Waals surface area contributed by atoms with Crippen LogP contribution in [0.15, 0.2) is 0 Å². The highest BCUT2D eigenvalue weighted by Gasteiger charge is 2.32. The van der Waals surface area contributed by atoms with Gasteiger partial charge in [0.25, 0.3) is 0 Å². The fourth-order valence-electron chi connectivity index (χ4n) is 1.41. The molecule has 1 aliphatic carbocycles. The summed E-state index contributed by atoms with van der Waals surface area (Å²) in [7, 11) is 0. The Balaban J connectivity index is 2.61. The zero-order valence-corrected chi connectivity index (χ0v) is 5.58. The molecule has 0 aliphatic heterocycles. The molecule has 0 aromatic rings. The molecule has 0 heterocycles. The molecular weight excluding hydrogens is 130 g/mol. The molecule has 54 valence electrons. The number of carboxylic acid groups (broad SMARTS) is 1. The van der Waals surface area contributed by atoms with Crippen molar-refractivity contribution < 1.29 is 9.90 Å². The highest BCUT2D eigenvalue weighted by atomic mass is 16.4. The van der Waals surface area contributed by atoms with E-state index in [1.807, 2.05) is 6.07 Å². The first-order valence-corrected chi connectivity index (χ1v) is 3.38. The zero-order valence-electron chi connectivity index (χ0n) is 5.58. The molecule has 3 heteroatoms. The number of aliphatic carboxylic acids is 1. The molecule has 0 radical (unpaired) electrons. The summed E-state index contributed by atoms with van der Waals surface area (Å²) < 4.78 is 0. The molecule has 0 bridgehead atoms. The van der Waals surface area contributed by atoms with Gasteiger partial charge in [0.2, 0.25) is 0 Å². The second-order valence-corrected chi connectivity index (χ2v) is 2.61. The molecule has 10 heavy (non-hydrogen) atoms. The number of hydrogen-bond donors (Lipinski definition) is 1. The fraction of sp³-hybridized carbons (Fsp3) is 0.714. The van der Waals surface area contributed by atoms with Gasteiger partial charge in [0.1, 0.15) is 0 Å². The smallest absolute Gasteiger partial charge is 0.307 e. The number of rotatable bonds is 1. The second-order valence-electron chi connectivity index (χ2n) is 2.61. The van der Waals surface area contributed by atoms with Crippen LogP contribution in [0, 0.1) is 23.2 Å². The summed E-state index contributed by atoms with van der Waals surface area (Å²) >= 11 is 0. The van der Waals surface area contributed by atoms with Crippen molar-refractivity contribution in [3.05, 3.63) is 0 Å². The van der Waals surface area contributed by atoms with E-state index in [1.54, 1.807) is 0 Å². The van der Waals surface area contributed by atoms with E-state index < -0.39 is 11.9 Å². The van der Waals surface area contributed by atoms with Crippen LogP contribution in [0.25, 0.3) is 0 Å². The standard InChI is InChI=1S/C7H9NO2/c8-4-5-2-1-3-6(5)7(9)10/h5-6H,1-3H2,(H,9,10)/t5-,6+/m1/s1. The highest BCUT2D eigenvalue weighted by molar-refractivity contribution is 5.71. The summed E-state index contributed by atoms with van der Waals surface area (Å²) in [5.41, 5.74) is 0. The molecule has 0 aromatic heterocycles. The average molecular weight is 139 g/mol. The minimum Gasteiger partial charge on any atom is -0.481 e. The normalized spacial score (nSPS) is 31.5. The van der Waals surface area contributed by atoms with Gasteiger partial charge in [0, 0.05) is 0 Å². The van der Waals surface area contributed by atoms with Gasteiger partial charge in [0.05, 0.1) is 17.9 Å². The molecular formula is C7H9NO2. The molecule has 3 nitrogen and oxygen atoms in total. The van der Waals surface area contributed by atoms with Gasteiger partial charge in [-0.1, -0.05) is 6.42 Å². The Morgan fingerprint density at radius 3 is 2.70 bits per heavy atom. The Labute approximate surface area is 59.3 Å². The zero-order chi connectivity index (χ0) is 7.56. The monoisotopic (exact) mass is 139 g/mol. The van der Waals surface area contributed by atoms with Crippen molar-refractivity contribution in [3.8, 4) is 6.07 Å². The molecule has 1 N–H and O–H groups in total. The van der Waals surface area contributed by atoms with Crippen LogP contribution in [0.1, 0.15) is 19.3 Å². The summed E-state index contributed by atoms with van der Waals surface area (Å²) in [4.78, 5) is 10.4. The molecule has 1 fully saturated rings. The molecule has 0 saturated heterocycles. The van der Waals surface area contributed by atoms with Crippen LogP contribution in [-0.4, -0.2) is 11.1 Å². The topological polar surface area (TPSA) is 61.1 Å². The summed E-state index contributed by atoms with van der Waals surface area (Å²) in [6.45, 7) is 0. The molecule has 0 aromatic carbocycles. The first-order valence-electron chi connectivity index (χ1n) is 3.38. The van der Waals surface area contributed by atoms with Crippen molar-refractivity contribution >= 4 is 5.97 Å². The third kappa shape index (κ3) is 1.10. The van der Waals surface area contributed by atoms with E-state index in [9.17, 15) is 4.79 Å². The van der Waals surface area contributed by atoms with Crippen molar-refractivity contribution in [2.75, 3.05) is 0 Å². The Hall–Kier alpha value is -1.04. The first-order chi connectivity index (χ1) is 4.75. The van der Waals surface area contributed by atoms with Gasteiger partial charge in [0.15, 0.2) is 0 Å². The van der Waals surface area contributed by atoms with Gasteiger partial charge in [-0.25, -0.2) is 0 Å². The third-order valence-corrected chi connectivity index (χ3v) is 2.00. The molecule has 1 rings (SSSR count). The number of nitrogens with zero attached hydrogens (tertiary/aromatic N) is 1. The van der Waals surface area contributed by atoms with E-state index in [4.69, 9.17) is 10.4 Å². The predicted molar refractivity (Wildman–Crippen MR) is 34.1 cm³/mol. The van der Waals surface area contributed by atoms with Crippen molar-refractivity contribution in [1.29, 1.82) is 5.26 Å². The van der Waals surface area contributed by atoms with Gasteiger partial charge in [-0.3, -0.25) is 4.79 Å². The number of carboxylic acids is 1. The highest BCUT2D eigenvalue weighted by Crippen LogP contribution is 2.30. The predicted octanol–water partition coefficient (Wildman–Crippen LogP) is 1.01. The van der Waals surface area contributed by atoms with Gasteiger partial charge < -0.3 is 5.11 Å². The van der Waals surface area contributed by atoms with E-state index in [0.29, 0.717) is 6.42 Å². The molecule has 0 spiro atoms. The summed E-state index contributed by atoms with van der Waals surface area (Å²) in [5, 5.41) is 17.0. The van der Waals surface area contributed by atoms with Crippen molar-refractivity contribution in [1.82, 2.24) is 0 Å². The van der Waals surface area contributed by atoms with Crippen LogP contribution in [-0.2, 0) is 4.79 Å². The molecule has 0 amide bonds. The van der Waals surface area contributed by atoms with Crippen LogP contribution in [0.5, 0.6) is 0 Å². The third-order valence-electron chi connectivity index (χ3n) is 2.00. The van der Waals surface area contributed by atoms with Crippen molar-refractivity contribution in [2.45, 2.75) is 19.3 Å². The second kappa shape index (κ2) is 2.70. The van der Waals surface area contributed by atoms with Gasteiger partial charge >= 0.3 is 5.97 Å². The number of nitriles is 1. The van der Waals surface area contributed by atoms with E-state index in [-0.39, 0.29) is 5.92 Å². The molecule has 0 unspecified atom stereocenters. The van der Waals surface area contributed by atoms with Gasteiger partial charge in [-0.2, -0.15) is 5.26 Å². The summed E-state index contributed by atoms with van der Waals surface area (Å²) in [6, 6.07) is 2.01. The first kappa shape index (κ1) is 7.07. The quantitative estimate of drug-likeness (QED) is 0.589. The van der Waals surface area contributed by atoms with Crippen molar-refractivity contribution in [2.24, 2.45) is 11.8 Å².